The van der Waals surface area contributed by atoms with Gasteiger partial charge in [-0.1, -0.05) is 0 Å². The molecular formula is C8H4F7NO2. The van der Waals surface area contributed by atoms with E-state index in [4.69, 9.17) is 0 Å². The minimum Gasteiger partial charge on any atom is -0.404 e. The molecule has 0 bridgehead atoms. The number of aromatic amines is 1. The normalized spacial score (nSPS) is 12.6. The first kappa shape index (κ1) is 14.3. The number of aromatic nitrogens is 1. The van der Waals surface area contributed by atoms with Crippen molar-refractivity contribution in [2.24, 2.45) is 0 Å². The molecule has 0 saturated carbocycles. The zero-order valence-corrected chi connectivity index (χ0v) is 8.25. The maximum Gasteiger partial charge on any atom is 0.573 e. The van der Waals surface area contributed by atoms with E-state index >= 15 is 0 Å². The van der Waals surface area contributed by atoms with Gasteiger partial charge in [-0.3, -0.25) is 4.79 Å². The fraction of sp³-hybridized carbons (Fsp3) is 0.375. The fourth-order valence-corrected chi connectivity index (χ4v) is 1.07. The van der Waals surface area contributed by atoms with Crippen LogP contribution in [0, 0.1) is 0 Å². The van der Waals surface area contributed by atoms with Crippen molar-refractivity contribution in [3.63, 3.8) is 0 Å². The molecule has 0 fully saturated rings. The van der Waals surface area contributed by atoms with E-state index in [-0.39, 0.29) is 6.07 Å². The molecule has 0 aliphatic heterocycles. The van der Waals surface area contributed by atoms with Crippen molar-refractivity contribution in [2.75, 3.05) is 0 Å². The van der Waals surface area contributed by atoms with Gasteiger partial charge in [0.2, 0.25) is 0 Å². The smallest absolute Gasteiger partial charge is 0.404 e. The molecule has 1 rings (SSSR count). The summed E-state index contributed by atoms with van der Waals surface area (Å²) in [6.07, 6.45) is -10.7. The number of rotatable bonds is 2. The molecule has 102 valence electrons. The van der Waals surface area contributed by atoms with Crippen molar-refractivity contribution in [3.8, 4) is 5.75 Å². The number of hydrogen-bond acceptors (Lipinski definition) is 2. The number of H-pyrrole nitrogens is 1. The minimum atomic E-state index is -5.40. The van der Waals surface area contributed by atoms with Crippen LogP contribution in [0.2, 0.25) is 0 Å². The van der Waals surface area contributed by atoms with Gasteiger partial charge in [0.05, 0.1) is 5.56 Å². The zero-order valence-electron chi connectivity index (χ0n) is 8.25. The topological polar surface area (TPSA) is 42.1 Å². The van der Waals surface area contributed by atoms with Crippen molar-refractivity contribution < 1.29 is 35.5 Å². The molecule has 3 nitrogen and oxygen atoms in total. The van der Waals surface area contributed by atoms with Gasteiger partial charge >= 0.3 is 12.5 Å². The summed E-state index contributed by atoms with van der Waals surface area (Å²) in [5, 5.41) is 0. The number of ether oxygens (including phenoxy) is 1. The van der Waals surface area contributed by atoms with E-state index < -0.39 is 41.8 Å². The monoisotopic (exact) mass is 279 g/mol. The summed E-state index contributed by atoms with van der Waals surface area (Å²) < 4.78 is 87.9. The van der Waals surface area contributed by atoms with Gasteiger partial charge in [0.25, 0.3) is 5.56 Å². The van der Waals surface area contributed by atoms with Gasteiger partial charge in [-0.2, -0.15) is 13.2 Å². The molecule has 0 atom stereocenters. The standard InChI is InChI=1S/C8H4F7NO2/c9-2-3-1-4(18-8(13,14)15)5(7(10,11)12)16-6(3)17/h1H,2H2,(H,16,17). The van der Waals surface area contributed by atoms with Crippen molar-refractivity contribution in [2.45, 2.75) is 19.2 Å². The quantitative estimate of drug-likeness (QED) is 0.846. The van der Waals surface area contributed by atoms with E-state index in [2.05, 4.69) is 4.74 Å². The number of nitrogens with one attached hydrogen (secondary N) is 1. The lowest BCUT2D eigenvalue weighted by Gasteiger charge is -2.15. The van der Waals surface area contributed by atoms with Crippen LogP contribution in [0.3, 0.4) is 0 Å². The van der Waals surface area contributed by atoms with E-state index in [9.17, 15) is 35.5 Å². The lowest BCUT2D eigenvalue weighted by molar-refractivity contribution is -0.276. The van der Waals surface area contributed by atoms with E-state index in [1.54, 1.807) is 0 Å². The molecule has 0 spiro atoms. The summed E-state index contributed by atoms with van der Waals surface area (Å²) in [4.78, 5) is 12.0. The number of halogens is 7. The van der Waals surface area contributed by atoms with Gasteiger partial charge in [0.15, 0.2) is 11.4 Å². The molecule has 0 aliphatic carbocycles. The van der Waals surface area contributed by atoms with E-state index in [1.807, 2.05) is 0 Å². The van der Waals surface area contributed by atoms with Gasteiger partial charge in [-0.25, -0.2) is 4.39 Å². The summed E-state index contributed by atoms with van der Waals surface area (Å²) in [6, 6.07) is 0.0646. The van der Waals surface area contributed by atoms with Crippen LogP contribution >= 0.6 is 0 Å². The Labute approximate surface area is 94.2 Å². The van der Waals surface area contributed by atoms with Crippen LogP contribution in [0.1, 0.15) is 11.3 Å². The van der Waals surface area contributed by atoms with Crippen LogP contribution in [-0.4, -0.2) is 11.3 Å². The van der Waals surface area contributed by atoms with Crippen molar-refractivity contribution in [1.82, 2.24) is 4.98 Å². The van der Waals surface area contributed by atoms with Gasteiger partial charge in [0.1, 0.15) is 6.67 Å². The Morgan fingerprint density at radius 2 is 1.72 bits per heavy atom. The first-order chi connectivity index (χ1) is 8.04. The molecule has 1 N–H and O–H groups in total. The maximum absolute atomic E-state index is 12.3. The molecule has 0 amide bonds. The second-order valence-corrected chi connectivity index (χ2v) is 3.04. The Bertz CT molecular complexity index is 488. The zero-order chi connectivity index (χ0) is 14.1. The molecule has 1 aromatic rings. The minimum absolute atomic E-state index is 0.0646. The van der Waals surface area contributed by atoms with Crippen LogP contribution < -0.4 is 10.3 Å². The Morgan fingerprint density at radius 3 is 2.11 bits per heavy atom. The molecule has 0 unspecified atom stereocenters. The molecule has 0 aromatic carbocycles. The molecule has 0 aliphatic rings. The van der Waals surface area contributed by atoms with Gasteiger partial charge in [-0.15, -0.1) is 13.2 Å². The average molecular weight is 279 g/mol. The number of hydrogen-bond donors (Lipinski definition) is 1. The molecule has 1 heterocycles. The second kappa shape index (κ2) is 4.50. The Kier molecular flexibility index (Phi) is 3.58. The fourth-order valence-electron chi connectivity index (χ4n) is 1.07. The van der Waals surface area contributed by atoms with Crippen LogP contribution in [0.4, 0.5) is 30.7 Å². The van der Waals surface area contributed by atoms with Crippen molar-refractivity contribution in [1.29, 1.82) is 0 Å². The molecule has 0 radical (unpaired) electrons. The third kappa shape index (κ3) is 3.37. The van der Waals surface area contributed by atoms with Crippen molar-refractivity contribution >= 4 is 0 Å². The summed E-state index contributed by atoms with van der Waals surface area (Å²) in [5.41, 5.74) is -4.40. The average Bonchev–Trinajstić information content (AvgIpc) is 2.16. The lowest BCUT2D eigenvalue weighted by atomic mass is 10.2. The third-order valence-electron chi connectivity index (χ3n) is 1.74. The molecule has 0 saturated heterocycles. The number of pyridine rings is 1. The summed E-state index contributed by atoms with van der Waals surface area (Å²) in [7, 11) is 0. The Morgan fingerprint density at radius 1 is 1.17 bits per heavy atom. The first-order valence-corrected chi connectivity index (χ1v) is 4.19. The summed E-state index contributed by atoms with van der Waals surface area (Å²) in [6.45, 7) is -1.53. The van der Waals surface area contributed by atoms with Crippen LogP contribution in [0.25, 0.3) is 0 Å². The Hall–Kier alpha value is -1.74. The highest BCUT2D eigenvalue weighted by molar-refractivity contribution is 5.33. The highest BCUT2D eigenvalue weighted by atomic mass is 19.4. The van der Waals surface area contributed by atoms with Gasteiger partial charge < -0.3 is 9.72 Å². The molecular weight excluding hydrogens is 275 g/mol. The highest BCUT2D eigenvalue weighted by Crippen LogP contribution is 2.36. The Balaban J connectivity index is 3.40. The number of alkyl halides is 7. The van der Waals surface area contributed by atoms with E-state index in [0.717, 1.165) is 4.98 Å². The third-order valence-corrected chi connectivity index (χ3v) is 1.74. The lowest BCUT2D eigenvalue weighted by Crippen LogP contribution is -2.25. The summed E-state index contributed by atoms with van der Waals surface area (Å²) >= 11 is 0. The summed E-state index contributed by atoms with van der Waals surface area (Å²) in [5.74, 6) is -1.71. The SMILES string of the molecule is O=c1[nH]c(C(F)(F)F)c(OC(F)(F)F)cc1CF. The van der Waals surface area contributed by atoms with E-state index in [1.165, 1.54) is 0 Å². The van der Waals surface area contributed by atoms with Gasteiger partial charge in [0, 0.05) is 0 Å². The van der Waals surface area contributed by atoms with E-state index in [0.29, 0.717) is 0 Å². The highest BCUT2D eigenvalue weighted by Gasteiger charge is 2.40. The molecule has 1 aromatic heterocycles. The first-order valence-electron chi connectivity index (χ1n) is 4.19. The largest absolute Gasteiger partial charge is 0.573 e. The maximum atomic E-state index is 12.3. The van der Waals surface area contributed by atoms with Crippen LogP contribution in [0.15, 0.2) is 10.9 Å². The van der Waals surface area contributed by atoms with Gasteiger partial charge in [-0.05, 0) is 6.07 Å². The van der Waals surface area contributed by atoms with Crippen LogP contribution in [-0.2, 0) is 12.9 Å². The predicted octanol–water partition coefficient (Wildman–Crippen LogP) is 2.76. The molecule has 18 heavy (non-hydrogen) atoms. The van der Waals surface area contributed by atoms with Crippen LogP contribution in [0.5, 0.6) is 5.75 Å². The second-order valence-electron chi connectivity index (χ2n) is 3.04. The molecule has 10 heteroatoms. The van der Waals surface area contributed by atoms with Crippen molar-refractivity contribution in [3.05, 3.63) is 27.7 Å². The predicted molar refractivity (Wildman–Crippen MR) is 43.6 cm³/mol.